The van der Waals surface area contributed by atoms with Crippen molar-refractivity contribution in [1.82, 2.24) is 5.32 Å². The van der Waals surface area contributed by atoms with Gasteiger partial charge in [0, 0.05) is 13.2 Å². The lowest BCUT2D eigenvalue weighted by molar-refractivity contribution is -0.123. The zero-order valence-electron chi connectivity index (χ0n) is 10.8. The number of ether oxygens (including phenoxy) is 1. The first-order chi connectivity index (χ1) is 8.72. The molecule has 0 spiro atoms. The topological polar surface area (TPSA) is 58.6 Å². The smallest absolute Gasteiger partial charge is 0.257 e. The summed E-state index contributed by atoms with van der Waals surface area (Å²) in [5, 5.41) is 11.6. The second-order valence-corrected chi connectivity index (χ2v) is 4.38. The number of aliphatic hydroxyl groups is 1. The molecule has 100 valence electrons. The number of hydrogen-bond acceptors (Lipinski definition) is 3. The monoisotopic (exact) mass is 251 g/mol. The van der Waals surface area contributed by atoms with Crippen LogP contribution in [0.4, 0.5) is 0 Å². The summed E-state index contributed by atoms with van der Waals surface area (Å²) in [4.78, 5) is 11.4. The fourth-order valence-corrected chi connectivity index (χ4v) is 1.49. The van der Waals surface area contributed by atoms with Gasteiger partial charge in [-0.25, -0.2) is 0 Å². The van der Waals surface area contributed by atoms with E-state index in [-0.39, 0.29) is 19.1 Å². The van der Waals surface area contributed by atoms with Crippen molar-refractivity contribution in [2.75, 3.05) is 19.8 Å². The van der Waals surface area contributed by atoms with Gasteiger partial charge in [0.15, 0.2) is 6.61 Å². The average molecular weight is 251 g/mol. The van der Waals surface area contributed by atoms with E-state index >= 15 is 0 Å². The third-order valence-corrected chi connectivity index (χ3v) is 2.62. The van der Waals surface area contributed by atoms with E-state index in [1.807, 2.05) is 37.3 Å². The fraction of sp³-hybridized carbons (Fsp3) is 0.500. The Labute approximate surface area is 108 Å². The predicted octanol–water partition coefficient (Wildman–Crippen LogP) is 1.59. The summed E-state index contributed by atoms with van der Waals surface area (Å²) in [5.74, 6) is 0.875. The molecule has 0 aliphatic heterocycles. The minimum atomic E-state index is -0.115. The maximum absolute atomic E-state index is 11.4. The van der Waals surface area contributed by atoms with Gasteiger partial charge in [-0.05, 0) is 30.9 Å². The summed E-state index contributed by atoms with van der Waals surface area (Å²) in [6.45, 7) is 2.85. The van der Waals surface area contributed by atoms with Crippen LogP contribution in [0.1, 0.15) is 19.8 Å². The lowest BCUT2D eigenvalue weighted by atomic mass is 10.1. The summed E-state index contributed by atoms with van der Waals surface area (Å²) in [6.07, 6.45) is 1.79. The number of rotatable bonds is 8. The van der Waals surface area contributed by atoms with Crippen LogP contribution in [0.2, 0.25) is 0 Å². The summed E-state index contributed by atoms with van der Waals surface area (Å²) in [7, 11) is 0. The first kappa shape index (κ1) is 14.5. The highest BCUT2D eigenvalue weighted by Gasteiger charge is 2.03. The Bertz CT molecular complexity index is 340. The van der Waals surface area contributed by atoms with Crippen LogP contribution in [-0.4, -0.2) is 30.8 Å². The first-order valence-electron chi connectivity index (χ1n) is 6.27. The third-order valence-electron chi connectivity index (χ3n) is 2.62. The molecule has 4 nitrogen and oxygen atoms in total. The molecule has 0 aliphatic rings. The molecule has 0 heterocycles. The molecule has 1 atom stereocenters. The Kier molecular flexibility index (Phi) is 6.87. The molecular formula is C14H21NO3. The Hall–Kier alpha value is -1.55. The van der Waals surface area contributed by atoms with Gasteiger partial charge in [0.05, 0.1) is 0 Å². The molecule has 0 fully saturated rings. The van der Waals surface area contributed by atoms with E-state index in [1.165, 1.54) is 0 Å². The van der Waals surface area contributed by atoms with E-state index in [0.29, 0.717) is 18.2 Å². The maximum atomic E-state index is 11.4. The number of para-hydroxylation sites is 1. The predicted molar refractivity (Wildman–Crippen MR) is 70.4 cm³/mol. The van der Waals surface area contributed by atoms with Crippen molar-refractivity contribution in [1.29, 1.82) is 0 Å². The lowest BCUT2D eigenvalue weighted by Crippen LogP contribution is -2.29. The zero-order chi connectivity index (χ0) is 13.2. The van der Waals surface area contributed by atoms with E-state index in [4.69, 9.17) is 9.84 Å². The number of hydrogen-bond donors (Lipinski definition) is 2. The molecule has 1 aromatic carbocycles. The van der Waals surface area contributed by atoms with Crippen LogP contribution in [0, 0.1) is 5.92 Å². The largest absolute Gasteiger partial charge is 0.484 e. The number of carbonyl (C=O) groups is 1. The first-order valence-corrected chi connectivity index (χ1v) is 6.27. The van der Waals surface area contributed by atoms with E-state index in [2.05, 4.69) is 5.32 Å². The lowest BCUT2D eigenvalue weighted by Gasteiger charge is -2.09. The normalized spacial score (nSPS) is 11.9. The Morgan fingerprint density at radius 3 is 2.78 bits per heavy atom. The second-order valence-electron chi connectivity index (χ2n) is 4.38. The molecule has 1 aromatic rings. The molecule has 1 unspecified atom stereocenters. The van der Waals surface area contributed by atoms with Crippen LogP contribution in [-0.2, 0) is 4.79 Å². The van der Waals surface area contributed by atoms with E-state index in [0.717, 1.165) is 12.8 Å². The molecule has 0 aromatic heterocycles. The van der Waals surface area contributed by atoms with Crippen molar-refractivity contribution in [2.24, 2.45) is 5.92 Å². The minimum absolute atomic E-state index is 0.0412. The number of nitrogens with one attached hydrogen (secondary N) is 1. The van der Waals surface area contributed by atoms with Crippen molar-refractivity contribution < 1.29 is 14.6 Å². The van der Waals surface area contributed by atoms with Gasteiger partial charge in [-0.2, -0.15) is 0 Å². The quantitative estimate of drug-likeness (QED) is 0.690. The number of amides is 1. The molecule has 0 saturated carbocycles. The molecule has 0 saturated heterocycles. The Morgan fingerprint density at radius 1 is 1.39 bits per heavy atom. The number of carbonyl (C=O) groups excluding carboxylic acids is 1. The number of benzene rings is 1. The molecule has 4 heteroatoms. The average Bonchev–Trinajstić information content (AvgIpc) is 2.42. The van der Waals surface area contributed by atoms with Crippen LogP contribution >= 0.6 is 0 Å². The SMILES string of the molecule is CC(CO)CCCNC(=O)COc1ccccc1. The molecule has 0 aliphatic carbocycles. The summed E-state index contributed by atoms with van der Waals surface area (Å²) >= 11 is 0. The van der Waals surface area contributed by atoms with Gasteiger partial charge in [-0.3, -0.25) is 4.79 Å². The Morgan fingerprint density at radius 2 is 2.11 bits per heavy atom. The van der Waals surface area contributed by atoms with Gasteiger partial charge in [0.1, 0.15) is 5.75 Å². The zero-order valence-corrected chi connectivity index (χ0v) is 10.8. The fourth-order valence-electron chi connectivity index (χ4n) is 1.49. The van der Waals surface area contributed by atoms with Crippen LogP contribution in [0.15, 0.2) is 30.3 Å². The van der Waals surface area contributed by atoms with E-state index in [1.54, 1.807) is 0 Å². The summed E-state index contributed by atoms with van der Waals surface area (Å²) < 4.78 is 5.32. The molecule has 2 N–H and O–H groups in total. The van der Waals surface area contributed by atoms with Crippen LogP contribution in [0.5, 0.6) is 5.75 Å². The molecular weight excluding hydrogens is 230 g/mol. The molecule has 0 bridgehead atoms. The van der Waals surface area contributed by atoms with Gasteiger partial charge in [0.25, 0.3) is 5.91 Å². The van der Waals surface area contributed by atoms with Gasteiger partial charge >= 0.3 is 0 Å². The van der Waals surface area contributed by atoms with Crippen LogP contribution in [0.25, 0.3) is 0 Å². The van der Waals surface area contributed by atoms with E-state index < -0.39 is 0 Å². The summed E-state index contributed by atoms with van der Waals surface area (Å²) in [6, 6.07) is 9.26. The van der Waals surface area contributed by atoms with Gasteiger partial charge in [-0.1, -0.05) is 25.1 Å². The van der Waals surface area contributed by atoms with Gasteiger partial charge in [-0.15, -0.1) is 0 Å². The van der Waals surface area contributed by atoms with Gasteiger partial charge in [0.2, 0.25) is 0 Å². The number of aliphatic hydroxyl groups excluding tert-OH is 1. The third kappa shape index (κ3) is 6.25. The maximum Gasteiger partial charge on any atom is 0.257 e. The van der Waals surface area contributed by atoms with Crippen molar-refractivity contribution in [3.63, 3.8) is 0 Å². The molecule has 18 heavy (non-hydrogen) atoms. The van der Waals surface area contributed by atoms with Crippen molar-refractivity contribution in [2.45, 2.75) is 19.8 Å². The highest BCUT2D eigenvalue weighted by molar-refractivity contribution is 5.77. The van der Waals surface area contributed by atoms with Crippen LogP contribution < -0.4 is 10.1 Å². The minimum Gasteiger partial charge on any atom is -0.484 e. The highest BCUT2D eigenvalue weighted by atomic mass is 16.5. The standard InChI is InChI=1S/C14H21NO3/c1-12(10-16)6-5-9-15-14(17)11-18-13-7-3-2-4-8-13/h2-4,7-8,12,16H,5-6,9-11H2,1H3,(H,15,17). The Balaban J connectivity index is 2.07. The molecule has 0 radical (unpaired) electrons. The van der Waals surface area contributed by atoms with Crippen LogP contribution in [0.3, 0.4) is 0 Å². The summed E-state index contributed by atoms with van der Waals surface area (Å²) in [5.41, 5.74) is 0. The molecule has 1 rings (SSSR count). The van der Waals surface area contributed by atoms with Crippen molar-refractivity contribution in [3.05, 3.63) is 30.3 Å². The van der Waals surface area contributed by atoms with Gasteiger partial charge < -0.3 is 15.2 Å². The molecule has 1 amide bonds. The van der Waals surface area contributed by atoms with Crippen molar-refractivity contribution >= 4 is 5.91 Å². The second kappa shape index (κ2) is 8.53. The highest BCUT2D eigenvalue weighted by Crippen LogP contribution is 2.07. The van der Waals surface area contributed by atoms with E-state index in [9.17, 15) is 4.79 Å². The van der Waals surface area contributed by atoms with Crippen molar-refractivity contribution in [3.8, 4) is 5.75 Å².